The first-order valence-electron chi connectivity index (χ1n) is 9.24. The molecule has 2 aromatic carbocycles. The summed E-state index contributed by atoms with van der Waals surface area (Å²) in [5, 5.41) is 2.81. The van der Waals surface area contributed by atoms with E-state index in [1.54, 1.807) is 60.8 Å². The van der Waals surface area contributed by atoms with Crippen LogP contribution in [0.2, 0.25) is 0 Å². The lowest BCUT2D eigenvalue weighted by Gasteiger charge is -2.20. The summed E-state index contributed by atoms with van der Waals surface area (Å²) in [5.74, 6) is 0.174. The molecule has 1 heterocycles. The van der Waals surface area contributed by atoms with Gasteiger partial charge in [-0.15, -0.1) is 0 Å². The molecule has 0 aliphatic heterocycles. The van der Waals surface area contributed by atoms with Gasteiger partial charge in [0.1, 0.15) is 0 Å². The Bertz CT molecular complexity index is 1130. The Hall–Kier alpha value is -3.39. The number of rotatable bonds is 7. The van der Waals surface area contributed by atoms with E-state index in [1.165, 1.54) is 18.5 Å². The third kappa shape index (κ3) is 4.60. The minimum absolute atomic E-state index is 0.211. The number of aryl methyl sites for hydroxylation is 1. The van der Waals surface area contributed by atoms with Gasteiger partial charge in [0.2, 0.25) is 5.88 Å². The Kier molecular flexibility index (Phi) is 6.37. The number of methoxy groups -OCH3 is 1. The van der Waals surface area contributed by atoms with Crippen molar-refractivity contribution >= 4 is 21.6 Å². The van der Waals surface area contributed by atoms with Crippen LogP contribution in [0.15, 0.2) is 71.8 Å². The molecule has 3 rings (SSSR count). The van der Waals surface area contributed by atoms with Gasteiger partial charge >= 0.3 is 0 Å². The maximum Gasteiger partial charge on any atom is 0.264 e. The number of nitrogens with one attached hydrogen (secondary N) is 1. The molecule has 0 aliphatic rings. The van der Waals surface area contributed by atoms with Crippen LogP contribution >= 0.6 is 0 Å². The molecule has 0 saturated carbocycles. The van der Waals surface area contributed by atoms with Crippen molar-refractivity contribution in [2.45, 2.75) is 18.4 Å². The average molecular weight is 426 g/mol. The molecule has 0 unspecified atom stereocenters. The first-order valence-corrected chi connectivity index (χ1v) is 10.7. The lowest BCUT2D eigenvalue weighted by Crippen LogP contribution is -2.27. The van der Waals surface area contributed by atoms with Crippen LogP contribution in [0, 0.1) is 6.92 Å². The van der Waals surface area contributed by atoms with E-state index in [-0.39, 0.29) is 17.3 Å². The number of carbonyl (C=O) groups is 1. The molecule has 30 heavy (non-hydrogen) atoms. The third-order valence-corrected chi connectivity index (χ3v) is 6.45. The summed E-state index contributed by atoms with van der Waals surface area (Å²) in [6.07, 6.45) is 1.62. The summed E-state index contributed by atoms with van der Waals surface area (Å²) in [4.78, 5) is 16.8. The Morgan fingerprint density at radius 1 is 1.07 bits per heavy atom. The Balaban J connectivity index is 1.70. The first kappa shape index (κ1) is 21.3. The van der Waals surface area contributed by atoms with Gasteiger partial charge in [-0.3, -0.25) is 9.10 Å². The maximum atomic E-state index is 12.8. The predicted octanol–water partition coefficient (Wildman–Crippen LogP) is 3.15. The summed E-state index contributed by atoms with van der Waals surface area (Å²) < 4.78 is 32.0. The van der Waals surface area contributed by atoms with Gasteiger partial charge in [0, 0.05) is 30.9 Å². The van der Waals surface area contributed by atoms with Crippen LogP contribution in [0.25, 0.3) is 0 Å². The van der Waals surface area contributed by atoms with Crippen LogP contribution < -0.4 is 14.4 Å². The van der Waals surface area contributed by atoms with Crippen molar-refractivity contribution in [2.75, 3.05) is 18.5 Å². The highest BCUT2D eigenvalue weighted by molar-refractivity contribution is 7.92. The van der Waals surface area contributed by atoms with Crippen molar-refractivity contribution < 1.29 is 17.9 Å². The monoisotopic (exact) mass is 425 g/mol. The van der Waals surface area contributed by atoms with E-state index in [4.69, 9.17) is 4.74 Å². The molecule has 0 aliphatic carbocycles. The Morgan fingerprint density at radius 3 is 2.37 bits per heavy atom. The number of aromatic nitrogens is 1. The molecular formula is C22H23N3O4S. The van der Waals surface area contributed by atoms with Crippen molar-refractivity contribution in [2.24, 2.45) is 0 Å². The SMILES string of the molecule is COc1ncccc1CNC(=O)c1ccc(N(C)S(=O)(=O)c2ccc(C)cc2)cc1. The van der Waals surface area contributed by atoms with Gasteiger partial charge in [0.25, 0.3) is 15.9 Å². The van der Waals surface area contributed by atoms with Crippen molar-refractivity contribution in [1.29, 1.82) is 0 Å². The van der Waals surface area contributed by atoms with Gasteiger partial charge in [-0.05, 0) is 49.4 Å². The molecule has 0 fully saturated rings. The number of hydrogen-bond acceptors (Lipinski definition) is 5. The van der Waals surface area contributed by atoms with Crippen LogP contribution in [0.3, 0.4) is 0 Å². The van der Waals surface area contributed by atoms with Gasteiger partial charge in [-0.1, -0.05) is 23.8 Å². The molecule has 3 aromatic rings. The molecule has 0 bridgehead atoms. The zero-order valence-electron chi connectivity index (χ0n) is 17.0. The van der Waals surface area contributed by atoms with Crippen LogP contribution in [0.5, 0.6) is 5.88 Å². The van der Waals surface area contributed by atoms with Crippen molar-refractivity contribution in [3.63, 3.8) is 0 Å². The minimum atomic E-state index is -3.68. The van der Waals surface area contributed by atoms with E-state index >= 15 is 0 Å². The number of pyridine rings is 1. The van der Waals surface area contributed by atoms with E-state index < -0.39 is 10.0 Å². The van der Waals surface area contributed by atoms with E-state index in [0.717, 1.165) is 11.1 Å². The number of carbonyl (C=O) groups excluding carboxylic acids is 1. The normalized spacial score (nSPS) is 11.0. The van der Waals surface area contributed by atoms with Crippen LogP contribution in [0.4, 0.5) is 5.69 Å². The predicted molar refractivity (Wildman–Crippen MR) is 115 cm³/mol. The lowest BCUT2D eigenvalue weighted by atomic mass is 10.2. The third-order valence-electron chi connectivity index (χ3n) is 4.66. The molecule has 1 aromatic heterocycles. The largest absolute Gasteiger partial charge is 0.481 e. The fourth-order valence-electron chi connectivity index (χ4n) is 2.85. The molecule has 0 saturated heterocycles. The first-order chi connectivity index (χ1) is 14.3. The number of amides is 1. The maximum absolute atomic E-state index is 12.8. The minimum Gasteiger partial charge on any atom is -0.481 e. The zero-order valence-corrected chi connectivity index (χ0v) is 17.8. The van der Waals surface area contributed by atoms with Gasteiger partial charge in [0.05, 0.1) is 17.7 Å². The summed E-state index contributed by atoms with van der Waals surface area (Å²) in [6.45, 7) is 2.16. The van der Waals surface area contributed by atoms with Crippen molar-refractivity contribution in [3.8, 4) is 5.88 Å². The summed E-state index contributed by atoms with van der Waals surface area (Å²) in [7, 11) is -0.677. The molecule has 0 radical (unpaired) electrons. The zero-order chi connectivity index (χ0) is 21.7. The van der Waals surface area contributed by atoms with E-state index in [9.17, 15) is 13.2 Å². The van der Waals surface area contributed by atoms with Crippen molar-refractivity contribution in [3.05, 3.63) is 83.6 Å². The molecule has 156 valence electrons. The van der Waals surface area contributed by atoms with E-state index in [1.807, 2.05) is 13.0 Å². The van der Waals surface area contributed by atoms with Crippen molar-refractivity contribution in [1.82, 2.24) is 10.3 Å². The molecular weight excluding hydrogens is 402 g/mol. The molecule has 8 heteroatoms. The molecule has 1 amide bonds. The van der Waals surface area contributed by atoms with Crippen LogP contribution in [0.1, 0.15) is 21.5 Å². The summed E-state index contributed by atoms with van der Waals surface area (Å²) >= 11 is 0. The van der Waals surface area contributed by atoms with E-state index in [2.05, 4.69) is 10.3 Å². The standard InChI is InChI=1S/C22H23N3O4S/c1-16-6-12-20(13-7-16)30(27,28)25(2)19-10-8-17(9-11-19)21(26)24-15-18-5-4-14-23-22(18)29-3/h4-14H,15H2,1-3H3,(H,24,26). The van der Waals surface area contributed by atoms with Crippen LogP contribution in [-0.2, 0) is 16.6 Å². The van der Waals surface area contributed by atoms with Crippen LogP contribution in [-0.4, -0.2) is 33.5 Å². The van der Waals surface area contributed by atoms with Gasteiger partial charge in [-0.25, -0.2) is 13.4 Å². The highest BCUT2D eigenvalue weighted by atomic mass is 32.2. The summed E-state index contributed by atoms with van der Waals surface area (Å²) in [6, 6.07) is 16.6. The molecule has 0 atom stereocenters. The molecule has 7 nitrogen and oxygen atoms in total. The second-order valence-corrected chi connectivity index (χ2v) is 8.66. The number of sulfonamides is 1. The number of benzene rings is 2. The Labute approximate surface area is 176 Å². The smallest absolute Gasteiger partial charge is 0.264 e. The molecule has 1 N–H and O–H groups in total. The van der Waals surface area contributed by atoms with E-state index in [0.29, 0.717) is 17.1 Å². The Morgan fingerprint density at radius 2 is 1.73 bits per heavy atom. The number of hydrogen-bond donors (Lipinski definition) is 1. The highest BCUT2D eigenvalue weighted by Crippen LogP contribution is 2.23. The number of anilines is 1. The van der Waals surface area contributed by atoms with Gasteiger partial charge < -0.3 is 10.1 Å². The average Bonchev–Trinajstić information content (AvgIpc) is 2.77. The second-order valence-electron chi connectivity index (χ2n) is 6.69. The molecule has 0 spiro atoms. The second kappa shape index (κ2) is 8.96. The topological polar surface area (TPSA) is 88.6 Å². The fourth-order valence-corrected chi connectivity index (χ4v) is 4.05. The highest BCUT2D eigenvalue weighted by Gasteiger charge is 2.21. The quantitative estimate of drug-likeness (QED) is 0.628. The van der Waals surface area contributed by atoms with Gasteiger partial charge in [-0.2, -0.15) is 0 Å². The lowest BCUT2D eigenvalue weighted by molar-refractivity contribution is 0.0950. The van der Waals surface area contributed by atoms with Gasteiger partial charge in [0.15, 0.2) is 0 Å². The number of ether oxygens (including phenoxy) is 1. The fraction of sp³-hybridized carbons (Fsp3) is 0.182. The summed E-state index contributed by atoms with van der Waals surface area (Å²) in [5.41, 5.74) is 2.62. The number of nitrogens with zero attached hydrogens (tertiary/aromatic N) is 2.